The summed E-state index contributed by atoms with van der Waals surface area (Å²) in [6.45, 7) is 17.6. The number of carbonyl (C=O) groups is 2. The first-order chi connectivity index (χ1) is 21.7. The third kappa shape index (κ3) is 13.0. The molecule has 0 saturated carbocycles. The van der Waals surface area contributed by atoms with Crippen LogP contribution < -0.4 is 0 Å². The molecule has 2 aromatic carbocycles. The summed E-state index contributed by atoms with van der Waals surface area (Å²) in [5.41, 5.74) is -3.01. The summed E-state index contributed by atoms with van der Waals surface area (Å²) in [6.07, 6.45) is -9.13. The van der Waals surface area contributed by atoms with Crippen LogP contribution in [0.5, 0.6) is 0 Å². The molecule has 0 unspecified atom stereocenters. The first-order valence-electron chi connectivity index (χ1n) is 14.5. The van der Waals surface area contributed by atoms with Crippen LogP contribution in [0.15, 0.2) is 36.4 Å². The fraction of sp³-hybridized carbons (Fsp3) is 0.500. The number of aryl methyl sites for hydroxylation is 2. The number of hydrogen-bond acceptors (Lipinski definition) is 8. The van der Waals surface area contributed by atoms with Gasteiger partial charge in [-0.1, -0.05) is 12.1 Å². The molecule has 6 nitrogen and oxygen atoms in total. The van der Waals surface area contributed by atoms with Crippen LogP contribution in [0.4, 0.5) is 26.3 Å². The van der Waals surface area contributed by atoms with Gasteiger partial charge in [-0.2, -0.15) is 26.3 Å². The second kappa shape index (κ2) is 17.4. The number of benzene rings is 2. The summed E-state index contributed by atoms with van der Waals surface area (Å²) in [6, 6.07) is 6.98. The fourth-order valence-corrected chi connectivity index (χ4v) is 6.11. The number of thiocarbonyl (C=S) groups is 2. The molecule has 0 heterocycles. The lowest BCUT2D eigenvalue weighted by atomic mass is 9.99. The number of alkyl halides is 6. The number of ether oxygens (including phenoxy) is 2. The van der Waals surface area contributed by atoms with Gasteiger partial charge in [0, 0.05) is 40.5 Å². The lowest BCUT2D eigenvalue weighted by Crippen LogP contribution is -2.42. The highest BCUT2D eigenvalue weighted by Crippen LogP contribution is 2.37. The SMILES string of the molecule is CCOC(=S)SN(C(=O)c1c(C)cccc1C(F)(F)F)C(C)(C)C.CCOC(=S)SN(C(=O)c1cc(C)cc(C(F)(F)F)c1)C(C)(C)C. The van der Waals surface area contributed by atoms with Crippen LogP contribution >= 0.6 is 48.3 Å². The molecule has 268 valence electrons. The summed E-state index contributed by atoms with van der Waals surface area (Å²) in [4.78, 5) is 25.7. The largest absolute Gasteiger partial charge is 0.478 e. The van der Waals surface area contributed by atoms with Gasteiger partial charge in [0.15, 0.2) is 0 Å². The molecule has 0 atom stereocenters. The van der Waals surface area contributed by atoms with Gasteiger partial charge < -0.3 is 9.47 Å². The molecule has 2 rings (SSSR count). The van der Waals surface area contributed by atoms with Gasteiger partial charge in [-0.15, -0.1) is 0 Å². The second-order valence-electron chi connectivity index (χ2n) is 12.2. The number of amides is 2. The summed E-state index contributed by atoms with van der Waals surface area (Å²) in [5.74, 6) is -1.30. The van der Waals surface area contributed by atoms with E-state index in [9.17, 15) is 35.9 Å². The van der Waals surface area contributed by atoms with Gasteiger partial charge in [-0.05, 0) is 129 Å². The van der Waals surface area contributed by atoms with E-state index in [1.165, 1.54) is 40.7 Å². The molecule has 0 bridgehead atoms. The van der Waals surface area contributed by atoms with Crippen LogP contribution in [0.25, 0.3) is 0 Å². The molecule has 0 N–H and O–H groups in total. The first kappa shape index (κ1) is 43.5. The number of carbonyl (C=O) groups excluding carboxylic acids is 2. The van der Waals surface area contributed by atoms with E-state index in [2.05, 4.69) is 0 Å². The Bertz CT molecular complexity index is 1470. The van der Waals surface area contributed by atoms with Gasteiger partial charge >= 0.3 is 12.4 Å². The van der Waals surface area contributed by atoms with E-state index in [0.717, 1.165) is 42.1 Å². The van der Waals surface area contributed by atoms with Gasteiger partial charge in [0.25, 0.3) is 11.8 Å². The minimum absolute atomic E-state index is 0.0379. The molecule has 0 radical (unpaired) electrons. The normalized spacial score (nSPS) is 12.0. The highest BCUT2D eigenvalue weighted by atomic mass is 32.2. The van der Waals surface area contributed by atoms with Crippen molar-refractivity contribution in [1.82, 2.24) is 8.61 Å². The van der Waals surface area contributed by atoms with Crippen molar-refractivity contribution in [3.05, 3.63) is 69.8 Å². The van der Waals surface area contributed by atoms with Crippen LogP contribution in [0, 0.1) is 13.8 Å². The van der Waals surface area contributed by atoms with Crippen molar-refractivity contribution in [3.8, 4) is 0 Å². The minimum atomic E-state index is -4.62. The standard InChI is InChI=1S/2C16H20F3NO2S2/c1-6-22-14(23)24-20(15(3,4)5)13(21)11-7-10(2)8-12(9-11)16(17,18)19;1-6-22-14(23)24-20(15(3,4)5)13(21)12-10(2)8-7-9-11(12)16(17,18)19/h2*7-9H,6H2,1-5H3. The molecule has 0 aliphatic heterocycles. The van der Waals surface area contributed by atoms with Crippen molar-refractivity contribution >= 4 is 68.9 Å². The van der Waals surface area contributed by atoms with Crippen molar-refractivity contribution in [2.75, 3.05) is 13.2 Å². The lowest BCUT2D eigenvalue weighted by molar-refractivity contribution is -0.138. The molecule has 2 aromatic rings. The average Bonchev–Trinajstić information content (AvgIpc) is 2.92. The second-order valence-corrected chi connectivity index (χ2v) is 15.3. The van der Waals surface area contributed by atoms with E-state index >= 15 is 0 Å². The molecule has 0 aliphatic carbocycles. The molecule has 16 heteroatoms. The number of nitrogens with zero attached hydrogens (tertiary/aromatic N) is 2. The number of rotatable bonds is 4. The average molecular weight is 759 g/mol. The Morgan fingerprint density at radius 3 is 1.58 bits per heavy atom. The quantitative estimate of drug-likeness (QED) is 0.174. The van der Waals surface area contributed by atoms with Crippen LogP contribution in [0.2, 0.25) is 0 Å². The Kier molecular flexibility index (Phi) is 15.7. The number of halogens is 6. The Morgan fingerprint density at radius 1 is 0.729 bits per heavy atom. The van der Waals surface area contributed by atoms with E-state index in [1.54, 1.807) is 55.4 Å². The van der Waals surface area contributed by atoms with Crippen molar-refractivity contribution in [2.24, 2.45) is 0 Å². The molecule has 0 spiro atoms. The van der Waals surface area contributed by atoms with Gasteiger partial charge in [0.05, 0.1) is 29.9 Å². The van der Waals surface area contributed by atoms with Crippen molar-refractivity contribution in [3.63, 3.8) is 0 Å². The van der Waals surface area contributed by atoms with Gasteiger partial charge in [0.1, 0.15) is 0 Å². The molecule has 0 fully saturated rings. The molecule has 0 aromatic heterocycles. The Labute approximate surface area is 297 Å². The fourth-order valence-electron chi connectivity index (χ4n) is 3.88. The Morgan fingerprint density at radius 2 is 1.19 bits per heavy atom. The van der Waals surface area contributed by atoms with Gasteiger partial charge in [0.2, 0.25) is 8.77 Å². The highest BCUT2D eigenvalue weighted by Gasteiger charge is 2.40. The Hall–Kier alpha value is -2.56. The lowest BCUT2D eigenvalue weighted by Gasteiger charge is -2.34. The zero-order valence-corrected chi connectivity index (χ0v) is 31.6. The third-order valence-electron chi connectivity index (χ3n) is 5.89. The van der Waals surface area contributed by atoms with Crippen LogP contribution in [-0.4, -0.2) is 53.5 Å². The van der Waals surface area contributed by atoms with E-state index in [1.807, 2.05) is 0 Å². The number of hydrogen-bond donors (Lipinski definition) is 0. The topological polar surface area (TPSA) is 59.1 Å². The first-order valence-corrected chi connectivity index (χ1v) is 16.9. The van der Waals surface area contributed by atoms with Crippen molar-refractivity contribution in [1.29, 1.82) is 0 Å². The minimum Gasteiger partial charge on any atom is -0.478 e. The van der Waals surface area contributed by atoms with Gasteiger partial charge in [-0.25, -0.2) is 0 Å². The summed E-state index contributed by atoms with van der Waals surface area (Å²) in [7, 11) is 0. The van der Waals surface area contributed by atoms with Crippen molar-refractivity contribution in [2.45, 2.75) is 92.7 Å². The predicted octanol–water partition coefficient (Wildman–Crippen LogP) is 10.4. The van der Waals surface area contributed by atoms with Crippen LogP contribution in [0.3, 0.4) is 0 Å². The summed E-state index contributed by atoms with van der Waals surface area (Å²) < 4.78 is 92.0. The van der Waals surface area contributed by atoms with E-state index < -0.39 is 46.4 Å². The molecular formula is C32H40F6N2O4S4. The molecule has 48 heavy (non-hydrogen) atoms. The zero-order chi connectivity index (χ0) is 37.4. The monoisotopic (exact) mass is 758 g/mol. The van der Waals surface area contributed by atoms with Crippen molar-refractivity contribution < 1.29 is 45.4 Å². The van der Waals surface area contributed by atoms with E-state index in [0.29, 0.717) is 18.8 Å². The van der Waals surface area contributed by atoms with Crippen LogP contribution in [-0.2, 0) is 21.8 Å². The molecule has 0 saturated heterocycles. The van der Waals surface area contributed by atoms with Crippen LogP contribution in [0.1, 0.15) is 98.4 Å². The molecule has 2 amide bonds. The third-order valence-corrected chi connectivity index (χ3v) is 8.90. The maximum absolute atomic E-state index is 13.3. The predicted molar refractivity (Wildman–Crippen MR) is 188 cm³/mol. The zero-order valence-electron chi connectivity index (χ0n) is 28.3. The maximum atomic E-state index is 13.3. The maximum Gasteiger partial charge on any atom is 0.417 e. The smallest absolute Gasteiger partial charge is 0.417 e. The van der Waals surface area contributed by atoms with Gasteiger partial charge in [-0.3, -0.25) is 18.2 Å². The summed E-state index contributed by atoms with van der Waals surface area (Å²) in [5, 5.41) is 0. The summed E-state index contributed by atoms with van der Waals surface area (Å²) >= 11 is 11.8. The Balaban J connectivity index is 0.000000480. The molecule has 0 aliphatic rings. The van der Waals surface area contributed by atoms with E-state index in [-0.39, 0.29) is 25.5 Å². The highest BCUT2D eigenvalue weighted by molar-refractivity contribution is 8.21. The molecular weight excluding hydrogens is 719 g/mol. The van der Waals surface area contributed by atoms with E-state index in [4.69, 9.17) is 33.9 Å².